The molecule has 0 aliphatic heterocycles. The van der Waals surface area contributed by atoms with E-state index in [1.807, 2.05) is 13.0 Å². The third-order valence-corrected chi connectivity index (χ3v) is 4.04. The van der Waals surface area contributed by atoms with Crippen LogP contribution < -0.4 is 10.6 Å². The zero-order valence-corrected chi connectivity index (χ0v) is 13.5. The Balaban J connectivity index is 1.58. The van der Waals surface area contributed by atoms with Crippen LogP contribution in [0.15, 0.2) is 28.8 Å². The molecule has 0 radical (unpaired) electrons. The van der Waals surface area contributed by atoms with E-state index >= 15 is 0 Å². The van der Waals surface area contributed by atoms with Crippen molar-refractivity contribution in [3.63, 3.8) is 0 Å². The highest BCUT2D eigenvalue weighted by Gasteiger charge is 2.48. The lowest BCUT2D eigenvalue weighted by molar-refractivity contribution is -0.122. The topological polar surface area (TPSA) is 84.2 Å². The molecule has 1 aromatic heterocycles. The van der Waals surface area contributed by atoms with Gasteiger partial charge in [-0.2, -0.15) is 0 Å². The number of aryl methyl sites for hydroxylation is 2. The van der Waals surface area contributed by atoms with Crippen LogP contribution in [0.3, 0.4) is 0 Å². The summed E-state index contributed by atoms with van der Waals surface area (Å²) in [5.41, 5.74) is 1.59. The average molecular weight is 334 g/mol. The zero-order valence-electron chi connectivity index (χ0n) is 12.7. The fraction of sp³-hybridized carbons (Fsp3) is 0.312. The first-order chi connectivity index (χ1) is 10.9. The number of rotatable bonds is 4. The molecule has 1 aromatic carbocycles. The summed E-state index contributed by atoms with van der Waals surface area (Å²) in [5.74, 6) is -0.0907. The monoisotopic (exact) mass is 333 g/mol. The minimum atomic E-state index is -0.341. The van der Waals surface area contributed by atoms with Crippen LogP contribution in [0.4, 0.5) is 11.5 Å². The van der Waals surface area contributed by atoms with Crippen LogP contribution in [0.5, 0.6) is 0 Å². The van der Waals surface area contributed by atoms with Gasteiger partial charge in [-0.05, 0) is 38.0 Å². The standard InChI is InChI=1S/C16H16ClN3O3/c1-8-3-4-10(17)6-13(8)18-15(21)11-7-12(11)16(22)19-14-5-9(2)23-20-14/h3-6,11-12H,7H2,1-2H3,(H,18,21)(H,19,20,22). The maximum absolute atomic E-state index is 12.2. The molecule has 120 valence electrons. The smallest absolute Gasteiger partial charge is 0.229 e. The van der Waals surface area contributed by atoms with E-state index in [1.54, 1.807) is 25.1 Å². The second-order valence-electron chi connectivity index (χ2n) is 5.71. The van der Waals surface area contributed by atoms with Crippen LogP contribution in [0.2, 0.25) is 5.02 Å². The van der Waals surface area contributed by atoms with E-state index < -0.39 is 0 Å². The molecular formula is C16H16ClN3O3. The predicted molar refractivity (Wildman–Crippen MR) is 86.3 cm³/mol. The molecule has 0 saturated heterocycles. The SMILES string of the molecule is Cc1cc(NC(=O)C2CC2C(=O)Nc2cc(Cl)ccc2C)no1. The molecule has 2 aromatic rings. The molecule has 3 rings (SSSR count). The molecule has 23 heavy (non-hydrogen) atoms. The van der Waals surface area contributed by atoms with E-state index in [0.29, 0.717) is 28.7 Å². The van der Waals surface area contributed by atoms with Crippen molar-refractivity contribution in [2.75, 3.05) is 10.6 Å². The number of aromatic nitrogens is 1. The first kappa shape index (κ1) is 15.6. The molecule has 0 bridgehead atoms. The van der Waals surface area contributed by atoms with Crippen molar-refractivity contribution in [2.45, 2.75) is 20.3 Å². The summed E-state index contributed by atoms with van der Waals surface area (Å²) < 4.78 is 4.89. The number of benzene rings is 1. The molecule has 1 heterocycles. The highest BCUT2D eigenvalue weighted by molar-refractivity contribution is 6.31. The number of nitrogens with one attached hydrogen (secondary N) is 2. The highest BCUT2D eigenvalue weighted by Crippen LogP contribution is 2.40. The van der Waals surface area contributed by atoms with Gasteiger partial charge >= 0.3 is 0 Å². The van der Waals surface area contributed by atoms with Gasteiger partial charge in [-0.15, -0.1) is 0 Å². The van der Waals surface area contributed by atoms with Crippen LogP contribution in [0, 0.1) is 25.7 Å². The normalized spacial score (nSPS) is 19.3. The summed E-state index contributed by atoms with van der Waals surface area (Å²) in [6.45, 7) is 3.62. The lowest BCUT2D eigenvalue weighted by Gasteiger charge is -2.08. The number of halogens is 1. The molecular weight excluding hydrogens is 318 g/mol. The number of nitrogens with zero attached hydrogens (tertiary/aromatic N) is 1. The third-order valence-electron chi connectivity index (χ3n) is 3.80. The quantitative estimate of drug-likeness (QED) is 0.900. The fourth-order valence-electron chi connectivity index (χ4n) is 2.37. The van der Waals surface area contributed by atoms with E-state index in [9.17, 15) is 9.59 Å². The summed E-state index contributed by atoms with van der Waals surface area (Å²) in [6, 6.07) is 6.93. The van der Waals surface area contributed by atoms with Gasteiger partial charge in [0, 0.05) is 16.8 Å². The van der Waals surface area contributed by atoms with Crippen LogP contribution in [0.1, 0.15) is 17.7 Å². The van der Waals surface area contributed by atoms with Gasteiger partial charge in [0.05, 0.1) is 11.8 Å². The number of amides is 2. The Labute approximate surface area is 138 Å². The number of hydrogen-bond donors (Lipinski definition) is 2. The Morgan fingerprint density at radius 2 is 1.87 bits per heavy atom. The predicted octanol–water partition coefficient (Wildman–Crippen LogP) is 3.16. The summed E-state index contributed by atoms with van der Waals surface area (Å²) in [6.07, 6.45) is 0.522. The molecule has 2 amide bonds. The van der Waals surface area contributed by atoms with Crippen molar-refractivity contribution in [3.8, 4) is 0 Å². The van der Waals surface area contributed by atoms with Gasteiger partial charge in [-0.3, -0.25) is 9.59 Å². The van der Waals surface area contributed by atoms with Gasteiger partial charge < -0.3 is 15.2 Å². The average Bonchev–Trinajstić information content (AvgIpc) is 3.21. The Hall–Kier alpha value is -2.34. The summed E-state index contributed by atoms with van der Waals surface area (Å²) in [5, 5.41) is 9.73. The molecule has 1 aliphatic carbocycles. The molecule has 7 heteroatoms. The number of carbonyl (C=O) groups excluding carboxylic acids is 2. The number of anilines is 2. The Morgan fingerprint density at radius 3 is 2.52 bits per heavy atom. The van der Waals surface area contributed by atoms with Crippen molar-refractivity contribution < 1.29 is 14.1 Å². The van der Waals surface area contributed by atoms with Crippen LogP contribution >= 0.6 is 11.6 Å². The van der Waals surface area contributed by atoms with Crippen LogP contribution in [-0.2, 0) is 9.59 Å². The number of carbonyl (C=O) groups is 2. The van der Waals surface area contributed by atoms with Crippen molar-refractivity contribution in [3.05, 3.63) is 40.6 Å². The molecule has 0 spiro atoms. The molecule has 2 unspecified atom stereocenters. The van der Waals surface area contributed by atoms with Gasteiger partial charge in [-0.1, -0.05) is 22.8 Å². The van der Waals surface area contributed by atoms with Crippen molar-refractivity contribution in [2.24, 2.45) is 11.8 Å². The van der Waals surface area contributed by atoms with Gasteiger partial charge in [-0.25, -0.2) is 0 Å². The molecule has 1 saturated carbocycles. The first-order valence-corrected chi connectivity index (χ1v) is 7.63. The third kappa shape index (κ3) is 3.53. The maximum Gasteiger partial charge on any atom is 0.229 e. The molecule has 1 fully saturated rings. The summed E-state index contributed by atoms with van der Waals surface area (Å²) in [4.78, 5) is 24.3. The minimum absolute atomic E-state index is 0.174. The lowest BCUT2D eigenvalue weighted by atomic mass is 10.2. The van der Waals surface area contributed by atoms with Crippen molar-refractivity contribution >= 4 is 34.9 Å². The van der Waals surface area contributed by atoms with Crippen molar-refractivity contribution in [1.82, 2.24) is 5.16 Å². The van der Waals surface area contributed by atoms with Crippen molar-refractivity contribution in [1.29, 1.82) is 0 Å². The minimum Gasteiger partial charge on any atom is -0.360 e. The van der Waals surface area contributed by atoms with E-state index in [4.69, 9.17) is 16.1 Å². The number of hydrogen-bond acceptors (Lipinski definition) is 4. The Morgan fingerprint density at radius 1 is 1.17 bits per heavy atom. The van der Waals surface area contributed by atoms with Crippen LogP contribution in [-0.4, -0.2) is 17.0 Å². The summed E-state index contributed by atoms with van der Waals surface area (Å²) in [7, 11) is 0. The second-order valence-corrected chi connectivity index (χ2v) is 6.15. The first-order valence-electron chi connectivity index (χ1n) is 7.25. The van der Waals surface area contributed by atoms with E-state index in [1.165, 1.54) is 0 Å². The highest BCUT2D eigenvalue weighted by atomic mass is 35.5. The van der Waals surface area contributed by atoms with Crippen LogP contribution in [0.25, 0.3) is 0 Å². The van der Waals surface area contributed by atoms with E-state index in [-0.39, 0.29) is 23.7 Å². The maximum atomic E-state index is 12.2. The van der Waals surface area contributed by atoms with Gasteiger partial charge in [0.1, 0.15) is 5.76 Å². The van der Waals surface area contributed by atoms with Gasteiger partial charge in [0.15, 0.2) is 5.82 Å². The molecule has 6 nitrogen and oxygen atoms in total. The Kier molecular flexibility index (Phi) is 4.09. The van der Waals surface area contributed by atoms with E-state index in [0.717, 1.165) is 5.56 Å². The second kappa shape index (κ2) is 6.04. The largest absolute Gasteiger partial charge is 0.360 e. The molecule has 1 aliphatic rings. The zero-order chi connectivity index (χ0) is 16.6. The molecule has 2 N–H and O–H groups in total. The summed E-state index contributed by atoms with van der Waals surface area (Å²) >= 11 is 5.94. The fourth-order valence-corrected chi connectivity index (χ4v) is 2.55. The Bertz CT molecular complexity index is 772. The van der Waals surface area contributed by atoms with Gasteiger partial charge in [0.25, 0.3) is 0 Å². The van der Waals surface area contributed by atoms with Gasteiger partial charge in [0.2, 0.25) is 11.8 Å². The lowest BCUT2D eigenvalue weighted by Crippen LogP contribution is -2.21. The molecule has 2 atom stereocenters. The van der Waals surface area contributed by atoms with E-state index in [2.05, 4.69) is 15.8 Å².